The molecule has 0 bridgehead atoms. The van der Waals surface area contributed by atoms with Crippen LogP contribution in [0.4, 0.5) is 15.8 Å². The van der Waals surface area contributed by atoms with Crippen LogP contribution in [0.1, 0.15) is 11.1 Å². The normalized spacial score (nSPS) is 20.3. The molecule has 1 spiro atoms. The van der Waals surface area contributed by atoms with Gasteiger partial charge in [-0.2, -0.15) is 0 Å². The predicted octanol–water partition coefficient (Wildman–Crippen LogP) is 4.96. The molecule has 1 saturated heterocycles. The molecule has 2 amide bonds. The lowest BCUT2D eigenvalue weighted by molar-refractivity contribution is -0.123. The Labute approximate surface area is 182 Å². The summed E-state index contributed by atoms with van der Waals surface area (Å²) < 4.78 is 13.7. The zero-order valence-electron chi connectivity index (χ0n) is 15.7. The third-order valence-corrected chi connectivity index (χ3v) is 7.02. The maximum absolute atomic E-state index is 13.9. The van der Waals surface area contributed by atoms with Crippen molar-refractivity contribution in [2.24, 2.45) is 0 Å². The van der Waals surface area contributed by atoms with Gasteiger partial charge >= 0.3 is 0 Å². The Balaban J connectivity index is 1.64. The highest BCUT2D eigenvalue weighted by atomic mass is 35.5. The van der Waals surface area contributed by atoms with E-state index in [-0.39, 0.29) is 29.9 Å². The van der Waals surface area contributed by atoms with E-state index in [2.05, 4.69) is 0 Å². The molecule has 30 heavy (non-hydrogen) atoms. The molecule has 2 heterocycles. The molecule has 4 nitrogen and oxygen atoms in total. The monoisotopic (exact) mass is 438 g/mol. The maximum atomic E-state index is 13.9. The second-order valence-electron chi connectivity index (χ2n) is 7.18. The molecule has 0 unspecified atom stereocenters. The molecule has 1 atom stereocenters. The van der Waals surface area contributed by atoms with E-state index < -0.39 is 4.87 Å². The number of halogens is 2. The van der Waals surface area contributed by atoms with E-state index in [9.17, 15) is 14.0 Å². The molecule has 150 valence electrons. The summed E-state index contributed by atoms with van der Waals surface area (Å²) in [7, 11) is 0. The fourth-order valence-electron chi connectivity index (χ4n) is 4.12. The first-order chi connectivity index (χ1) is 14.5. The van der Waals surface area contributed by atoms with Crippen molar-refractivity contribution in [1.29, 1.82) is 0 Å². The standard InChI is InChI=1S/C23H16ClFN2O2S/c24-16-8-10-18(11-9-16)27-21(28)14-30-23(27)19-6-1-2-7-20(19)26(22(23)29)13-15-4-3-5-17(25)12-15/h1-12H,13-14H2/t23-/m1/s1. The van der Waals surface area contributed by atoms with Crippen LogP contribution >= 0.6 is 23.4 Å². The van der Waals surface area contributed by atoms with E-state index in [1.807, 2.05) is 24.3 Å². The highest BCUT2D eigenvalue weighted by Gasteiger charge is 2.60. The van der Waals surface area contributed by atoms with Gasteiger partial charge in [0.15, 0.2) is 0 Å². The number of thioether (sulfide) groups is 1. The Morgan fingerprint density at radius 2 is 1.77 bits per heavy atom. The van der Waals surface area contributed by atoms with Crippen LogP contribution in [0.15, 0.2) is 72.8 Å². The Morgan fingerprint density at radius 1 is 1.00 bits per heavy atom. The van der Waals surface area contributed by atoms with E-state index in [0.717, 1.165) is 11.3 Å². The van der Waals surface area contributed by atoms with Crippen molar-refractivity contribution in [3.8, 4) is 0 Å². The van der Waals surface area contributed by atoms with Crippen molar-refractivity contribution in [2.45, 2.75) is 11.4 Å². The van der Waals surface area contributed by atoms with Crippen LogP contribution in [-0.4, -0.2) is 17.6 Å². The third kappa shape index (κ3) is 2.82. The average molecular weight is 439 g/mol. The van der Waals surface area contributed by atoms with Crippen molar-refractivity contribution in [2.75, 3.05) is 15.6 Å². The van der Waals surface area contributed by atoms with Crippen LogP contribution in [0.2, 0.25) is 5.02 Å². The molecule has 3 aromatic carbocycles. The number of carbonyl (C=O) groups excluding carboxylic acids is 2. The van der Waals surface area contributed by atoms with Gasteiger partial charge < -0.3 is 4.90 Å². The topological polar surface area (TPSA) is 40.6 Å². The summed E-state index contributed by atoms with van der Waals surface area (Å²) >= 11 is 7.34. The molecule has 1 fully saturated rings. The van der Waals surface area contributed by atoms with Crippen LogP contribution in [0.5, 0.6) is 0 Å². The second kappa shape index (κ2) is 7.15. The van der Waals surface area contributed by atoms with E-state index in [1.165, 1.54) is 23.9 Å². The number of benzene rings is 3. The quantitative estimate of drug-likeness (QED) is 0.580. The van der Waals surface area contributed by atoms with Crippen LogP contribution in [-0.2, 0) is 21.0 Å². The zero-order chi connectivity index (χ0) is 20.9. The number of para-hydroxylation sites is 1. The fourth-order valence-corrected chi connectivity index (χ4v) is 5.61. The van der Waals surface area contributed by atoms with Crippen molar-refractivity contribution < 1.29 is 14.0 Å². The van der Waals surface area contributed by atoms with Gasteiger partial charge in [0.2, 0.25) is 10.8 Å². The van der Waals surface area contributed by atoms with E-state index in [4.69, 9.17) is 11.6 Å². The predicted molar refractivity (Wildman–Crippen MR) is 117 cm³/mol. The minimum absolute atomic E-state index is 0.141. The Bertz CT molecular complexity index is 1170. The van der Waals surface area contributed by atoms with Crippen molar-refractivity contribution in [3.63, 3.8) is 0 Å². The highest BCUT2D eigenvalue weighted by molar-refractivity contribution is 8.02. The first-order valence-electron chi connectivity index (χ1n) is 9.39. The van der Waals surface area contributed by atoms with Crippen LogP contribution < -0.4 is 9.80 Å². The van der Waals surface area contributed by atoms with E-state index in [1.54, 1.807) is 46.2 Å². The molecular weight excluding hydrogens is 423 g/mol. The second-order valence-corrected chi connectivity index (χ2v) is 8.78. The maximum Gasteiger partial charge on any atom is 0.269 e. The molecule has 0 aliphatic carbocycles. The molecule has 7 heteroatoms. The first kappa shape index (κ1) is 19.2. The smallest absolute Gasteiger partial charge is 0.269 e. The van der Waals surface area contributed by atoms with Crippen molar-refractivity contribution >= 4 is 46.6 Å². The number of fused-ring (bicyclic) bond motifs is 2. The largest absolute Gasteiger partial charge is 0.304 e. The molecule has 0 radical (unpaired) electrons. The number of amides is 2. The summed E-state index contributed by atoms with van der Waals surface area (Å²) in [6.07, 6.45) is 0. The van der Waals surface area contributed by atoms with E-state index in [0.29, 0.717) is 16.3 Å². The van der Waals surface area contributed by atoms with Gasteiger partial charge in [0, 0.05) is 16.3 Å². The van der Waals surface area contributed by atoms with Gasteiger partial charge in [-0.05, 0) is 48.0 Å². The minimum Gasteiger partial charge on any atom is -0.304 e. The summed E-state index contributed by atoms with van der Waals surface area (Å²) in [5, 5.41) is 0.554. The molecule has 0 saturated carbocycles. The van der Waals surface area contributed by atoms with Gasteiger partial charge in [-0.1, -0.05) is 41.9 Å². The number of anilines is 2. The van der Waals surface area contributed by atoms with E-state index >= 15 is 0 Å². The lowest BCUT2D eigenvalue weighted by atomic mass is 10.0. The van der Waals surface area contributed by atoms with Crippen molar-refractivity contribution in [1.82, 2.24) is 0 Å². The van der Waals surface area contributed by atoms with Crippen LogP contribution in [0, 0.1) is 5.82 Å². The summed E-state index contributed by atoms with van der Waals surface area (Å²) in [4.78, 5) is 28.8. The Morgan fingerprint density at radius 3 is 2.53 bits per heavy atom. The molecule has 3 aromatic rings. The molecule has 2 aliphatic heterocycles. The number of rotatable bonds is 3. The minimum atomic E-state index is -1.19. The Hall–Kier alpha value is -2.83. The SMILES string of the molecule is O=C1CS[C@]2(C(=O)N(Cc3cccc(F)c3)c3ccccc32)N1c1ccc(Cl)cc1. The number of carbonyl (C=O) groups is 2. The number of hydrogen-bond acceptors (Lipinski definition) is 3. The first-order valence-corrected chi connectivity index (χ1v) is 10.8. The summed E-state index contributed by atoms with van der Waals surface area (Å²) in [5.74, 6) is -0.511. The molecule has 0 N–H and O–H groups in total. The highest BCUT2D eigenvalue weighted by Crippen LogP contribution is 2.55. The summed E-state index contributed by atoms with van der Waals surface area (Å²) in [6, 6.07) is 20.6. The third-order valence-electron chi connectivity index (χ3n) is 5.38. The summed E-state index contributed by atoms with van der Waals surface area (Å²) in [6.45, 7) is 0.221. The van der Waals surface area contributed by atoms with Gasteiger partial charge in [-0.15, -0.1) is 11.8 Å². The molecular formula is C23H16ClFN2O2S. The zero-order valence-corrected chi connectivity index (χ0v) is 17.3. The van der Waals surface area contributed by atoms with Gasteiger partial charge in [0.25, 0.3) is 5.91 Å². The van der Waals surface area contributed by atoms with Gasteiger partial charge in [-0.3, -0.25) is 14.5 Å². The number of hydrogen-bond donors (Lipinski definition) is 0. The lowest BCUT2D eigenvalue weighted by Gasteiger charge is -2.33. The number of nitrogens with zero attached hydrogens (tertiary/aromatic N) is 2. The average Bonchev–Trinajstić information content (AvgIpc) is 3.20. The molecule has 0 aromatic heterocycles. The van der Waals surface area contributed by atoms with Gasteiger partial charge in [0.05, 0.1) is 18.0 Å². The lowest BCUT2D eigenvalue weighted by Crippen LogP contribution is -2.49. The molecule has 5 rings (SSSR count). The van der Waals surface area contributed by atoms with Crippen LogP contribution in [0.25, 0.3) is 0 Å². The van der Waals surface area contributed by atoms with Gasteiger partial charge in [0.1, 0.15) is 5.82 Å². The van der Waals surface area contributed by atoms with Crippen LogP contribution in [0.3, 0.4) is 0 Å². The van der Waals surface area contributed by atoms with Gasteiger partial charge in [-0.25, -0.2) is 4.39 Å². The van der Waals surface area contributed by atoms with Crippen molar-refractivity contribution in [3.05, 3.63) is 94.8 Å². The molecule has 2 aliphatic rings. The fraction of sp³-hybridized carbons (Fsp3) is 0.130. The Kier molecular flexibility index (Phi) is 4.56. The summed E-state index contributed by atoms with van der Waals surface area (Å²) in [5.41, 5.74) is 2.79.